The van der Waals surface area contributed by atoms with Gasteiger partial charge in [-0.1, -0.05) is 104 Å². The van der Waals surface area contributed by atoms with E-state index in [4.69, 9.17) is 4.42 Å². The summed E-state index contributed by atoms with van der Waals surface area (Å²) in [5.74, 6) is 0.457. The Morgan fingerprint density at radius 1 is 0.738 bits per heavy atom. The maximum atomic E-state index is 7.14. The lowest BCUT2D eigenvalue weighted by Gasteiger charge is -2.42. The third-order valence-corrected chi connectivity index (χ3v) is 9.30. The van der Waals surface area contributed by atoms with Gasteiger partial charge in [-0.05, 0) is 71.3 Å². The standard InChI is InChI=1S/C40H48NO/c1-24(2)30-20-33(41(11)21-26(30)4)34-25(3)16-17-27-28-18-19-32-35(37(28)42-36(27)34)29-14-12-13-15-31(29)40(32,22-38(5,6)7)23-39(8,9)10/h12-21,24H,22-23H2,1-11H3/q+1. The van der Waals surface area contributed by atoms with Gasteiger partial charge in [-0.25, -0.2) is 4.57 Å². The third-order valence-electron chi connectivity index (χ3n) is 9.30. The fourth-order valence-electron chi connectivity index (χ4n) is 8.17. The van der Waals surface area contributed by atoms with E-state index in [1.54, 1.807) is 0 Å². The number of nitrogens with zero attached hydrogens (tertiary/aromatic N) is 1. The molecule has 2 heterocycles. The van der Waals surface area contributed by atoms with Crippen LogP contribution in [0.2, 0.25) is 0 Å². The number of benzene rings is 3. The zero-order valence-corrected chi connectivity index (χ0v) is 27.6. The van der Waals surface area contributed by atoms with Gasteiger partial charge in [0.05, 0.1) is 5.56 Å². The first-order chi connectivity index (χ1) is 19.6. The fraction of sp³-hybridized carbons (Fsp3) is 0.425. The van der Waals surface area contributed by atoms with Gasteiger partial charge in [0, 0.05) is 33.4 Å². The summed E-state index contributed by atoms with van der Waals surface area (Å²) in [6.45, 7) is 23.3. The molecule has 0 spiro atoms. The number of aromatic nitrogens is 1. The Kier molecular flexibility index (Phi) is 6.54. The number of fused-ring (bicyclic) bond motifs is 7. The van der Waals surface area contributed by atoms with Gasteiger partial charge < -0.3 is 4.42 Å². The van der Waals surface area contributed by atoms with Gasteiger partial charge in [-0.3, -0.25) is 0 Å². The number of aryl methyl sites for hydroxylation is 3. The van der Waals surface area contributed by atoms with Crippen LogP contribution in [0.1, 0.15) is 102 Å². The van der Waals surface area contributed by atoms with E-state index >= 15 is 0 Å². The van der Waals surface area contributed by atoms with Crippen LogP contribution in [0.3, 0.4) is 0 Å². The molecule has 218 valence electrons. The Labute approximate surface area is 252 Å². The molecular weight excluding hydrogens is 510 g/mol. The smallest absolute Gasteiger partial charge is 0.216 e. The minimum absolute atomic E-state index is 0.0656. The molecule has 0 amide bonds. The van der Waals surface area contributed by atoms with Crippen molar-refractivity contribution < 1.29 is 8.98 Å². The average molecular weight is 559 g/mol. The van der Waals surface area contributed by atoms with E-state index in [2.05, 4.69) is 142 Å². The summed E-state index contributed by atoms with van der Waals surface area (Å²) in [4.78, 5) is 0. The van der Waals surface area contributed by atoms with Gasteiger partial charge in [0.25, 0.3) is 0 Å². The molecule has 3 aromatic carbocycles. The Bertz CT molecular complexity index is 1840. The van der Waals surface area contributed by atoms with Gasteiger partial charge >= 0.3 is 0 Å². The van der Waals surface area contributed by atoms with E-state index in [0.29, 0.717) is 5.92 Å². The van der Waals surface area contributed by atoms with Gasteiger partial charge in [0.1, 0.15) is 18.2 Å². The first kappa shape index (κ1) is 28.7. The van der Waals surface area contributed by atoms with Crippen LogP contribution in [0.25, 0.3) is 44.3 Å². The summed E-state index contributed by atoms with van der Waals surface area (Å²) in [7, 11) is 2.16. The Balaban J connectivity index is 1.71. The molecule has 0 unspecified atom stereocenters. The lowest BCUT2D eigenvalue weighted by molar-refractivity contribution is -0.660. The summed E-state index contributed by atoms with van der Waals surface area (Å²) in [6.07, 6.45) is 4.45. The van der Waals surface area contributed by atoms with E-state index in [9.17, 15) is 0 Å². The number of hydrogen-bond acceptors (Lipinski definition) is 1. The van der Waals surface area contributed by atoms with Crippen molar-refractivity contribution in [2.75, 3.05) is 0 Å². The molecular formula is C40H48NO+. The van der Waals surface area contributed by atoms with Gasteiger partial charge in [-0.15, -0.1) is 0 Å². The second-order valence-corrected chi connectivity index (χ2v) is 15.8. The van der Waals surface area contributed by atoms with Crippen molar-refractivity contribution in [2.45, 2.75) is 93.4 Å². The second kappa shape index (κ2) is 9.56. The van der Waals surface area contributed by atoms with Crippen LogP contribution in [-0.4, -0.2) is 0 Å². The molecule has 0 bridgehead atoms. The minimum Gasteiger partial charge on any atom is -0.454 e. The molecule has 0 saturated heterocycles. The first-order valence-corrected chi connectivity index (χ1v) is 15.7. The number of furan rings is 1. The largest absolute Gasteiger partial charge is 0.454 e. The highest BCUT2D eigenvalue weighted by molar-refractivity contribution is 6.14. The summed E-state index contributed by atoms with van der Waals surface area (Å²) < 4.78 is 9.42. The van der Waals surface area contributed by atoms with Gasteiger partial charge in [0.15, 0.2) is 6.20 Å². The van der Waals surface area contributed by atoms with Crippen LogP contribution in [0.15, 0.2) is 65.2 Å². The molecule has 0 atom stereocenters. The zero-order chi connectivity index (χ0) is 30.4. The van der Waals surface area contributed by atoms with Gasteiger partial charge in [0.2, 0.25) is 5.69 Å². The van der Waals surface area contributed by atoms with Crippen LogP contribution in [0.5, 0.6) is 0 Å². The SMILES string of the molecule is Cc1c[n+](C)c(-c2c(C)ccc3c2oc2c4c(ccc23)C(CC(C)(C)C)(CC(C)(C)C)c2ccccc2-4)cc1C(C)C. The molecule has 2 aromatic heterocycles. The summed E-state index contributed by atoms with van der Waals surface area (Å²) in [6, 6.07) is 20.8. The molecule has 2 nitrogen and oxygen atoms in total. The third kappa shape index (κ3) is 4.50. The van der Waals surface area contributed by atoms with Crippen molar-refractivity contribution in [2.24, 2.45) is 17.9 Å². The molecule has 1 aliphatic rings. The van der Waals surface area contributed by atoms with Crippen molar-refractivity contribution in [1.29, 1.82) is 0 Å². The van der Waals surface area contributed by atoms with Crippen molar-refractivity contribution in [1.82, 2.24) is 0 Å². The Morgan fingerprint density at radius 2 is 1.33 bits per heavy atom. The first-order valence-electron chi connectivity index (χ1n) is 15.7. The average Bonchev–Trinajstić information content (AvgIpc) is 3.36. The van der Waals surface area contributed by atoms with Crippen LogP contribution >= 0.6 is 0 Å². The maximum absolute atomic E-state index is 7.14. The van der Waals surface area contributed by atoms with Crippen LogP contribution in [0, 0.1) is 24.7 Å². The van der Waals surface area contributed by atoms with Crippen LogP contribution in [-0.2, 0) is 12.5 Å². The van der Waals surface area contributed by atoms with Crippen molar-refractivity contribution in [3.8, 4) is 22.4 Å². The summed E-state index contributed by atoms with van der Waals surface area (Å²) in [5.41, 5.74) is 14.2. The number of pyridine rings is 1. The highest BCUT2D eigenvalue weighted by Crippen LogP contribution is 2.60. The molecule has 0 N–H and O–H groups in total. The lowest BCUT2D eigenvalue weighted by Crippen LogP contribution is -2.35. The monoisotopic (exact) mass is 558 g/mol. The van der Waals surface area contributed by atoms with E-state index in [-0.39, 0.29) is 16.2 Å². The van der Waals surface area contributed by atoms with Gasteiger partial charge in [-0.2, -0.15) is 0 Å². The second-order valence-electron chi connectivity index (χ2n) is 15.8. The highest BCUT2D eigenvalue weighted by atomic mass is 16.3. The van der Waals surface area contributed by atoms with E-state index < -0.39 is 0 Å². The molecule has 1 aliphatic carbocycles. The molecule has 5 aromatic rings. The number of rotatable bonds is 4. The quantitative estimate of drug-likeness (QED) is 0.201. The Morgan fingerprint density at radius 3 is 1.95 bits per heavy atom. The normalized spacial score (nSPS) is 14.7. The summed E-state index contributed by atoms with van der Waals surface area (Å²) in [5, 5.41) is 2.41. The van der Waals surface area contributed by atoms with E-state index in [0.717, 1.165) is 24.0 Å². The number of hydrogen-bond donors (Lipinski definition) is 0. The molecule has 6 rings (SSSR count). The highest BCUT2D eigenvalue weighted by Gasteiger charge is 2.48. The minimum atomic E-state index is -0.0656. The topological polar surface area (TPSA) is 17.0 Å². The molecule has 2 heteroatoms. The maximum Gasteiger partial charge on any atom is 0.216 e. The molecule has 42 heavy (non-hydrogen) atoms. The summed E-state index contributed by atoms with van der Waals surface area (Å²) >= 11 is 0. The Hall–Kier alpha value is -3.39. The van der Waals surface area contributed by atoms with E-state index in [1.807, 2.05) is 0 Å². The van der Waals surface area contributed by atoms with Crippen molar-refractivity contribution in [3.63, 3.8) is 0 Å². The predicted molar refractivity (Wildman–Crippen MR) is 178 cm³/mol. The molecule has 0 fully saturated rings. The van der Waals surface area contributed by atoms with Crippen molar-refractivity contribution >= 4 is 21.9 Å². The lowest BCUT2D eigenvalue weighted by atomic mass is 9.62. The molecule has 0 radical (unpaired) electrons. The molecule has 0 saturated carbocycles. The predicted octanol–water partition coefficient (Wildman–Crippen LogP) is 11.0. The zero-order valence-electron chi connectivity index (χ0n) is 27.6. The fourth-order valence-corrected chi connectivity index (χ4v) is 8.17. The van der Waals surface area contributed by atoms with Crippen LogP contribution < -0.4 is 4.57 Å². The van der Waals surface area contributed by atoms with Crippen LogP contribution in [0.4, 0.5) is 0 Å². The molecule has 0 aliphatic heterocycles. The van der Waals surface area contributed by atoms with E-state index in [1.165, 1.54) is 61.0 Å². The van der Waals surface area contributed by atoms with Crippen molar-refractivity contribution in [3.05, 3.63) is 88.6 Å².